The maximum absolute atomic E-state index is 6.12. The van der Waals surface area contributed by atoms with Crippen molar-refractivity contribution in [3.8, 4) is 11.5 Å². The molecule has 20 heavy (non-hydrogen) atoms. The number of benzene rings is 1. The van der Waals surface area contributed by atoms with Crippen LogP contribution in [0.3, 0.4) is 0 Å². The predicted octanol–water partition coefficient (Wildman–Crippen LogP) is 3.42. The van der Waals surface area contributed by atoms with Gasteiger partial charge in [0.2, 0.25) is 0 Å². The van der Waals surface area contributed by atoms with E-state index in [1.165, 1.54) is 32.1 Å². The molecule has 1 aliphatic heterocycles. The number of nitrogens with one attached hydrogen (secondary N) is 1. The lowest BCUT2D eigenvalue weighted by molar-refractivity contribution is 0.172. The molecular formula is C16H24N2O2. The Labute approximate surface area is 120 Å². The van der Waals surface area contributed by atoms with E-state index in [2.05, 4.69) is 12.2 Å². The number of fused-ring (bicyclic) bond motifs is 1. The highest BCUT2D eigenvalue weighted by Crippen LogP contribution is 2.42. The van der Waals surface area contributed by atoms with E-state index in [1.54, 1.807) is 0 Å². The molecule has 0 bridgehead atoms. The molecule has 0 radical (unpaired) electrons. The van der Waals surface area contributed by atoms with Gasteiger partial charge in [-0.2, -0.15) is 0 Å². The van der Waals surface area contributed by atoms with Crippen molar-refractivity contribution in [1.82, 2.24) is 0 Å². The van der Waals surface area contributed by atoms with E-state index in [1.807, 2.05) is 12.1 Å². The third kappa shape index (κ3) is 2.51. The van der Waals surface area contributed by atoms with Gasteiger partial charge in [-0.3, -0.25) is 0 Å². The Morgan fingerprint density at radius 1 is 1.15 bits per heavy atom. The summed E-state index contributed by atoms with van der Waals surface area (Å²) in [7, 11) is 0. The number of nitrogens with two attached hydrogens (primary N) is 1. The predicted molar refractivity (Wildman–Crippen MR) is 81.5 cm³/mol. The Kier molecular flexibility index (Phi) is 3.64. The zero-order chi connectivity index (χ0) is 14.0. The van der Waals surface area contributed by atoms with E-state index < -0.39 is 0 Å². The maximum atomic E-state index is 6.12. The summed E-state index contributed by atoms with van der Waals surface area (Å²) in [6, 6.07) is 3.84. The van der Waals surface area contributed by atoms with Gasteiger partial charge in [-0.15, -0.1) is 0 Å². The Morgan fingerprint density at radius 3 is 2.45 bits per heavy atom. The van der Waals surface area contributed by atoms with Crippen LogP contribution >= 0.6 is 0 Å². The molecule has 4 nitrogen and oxygen atoms in total. The van der Waals surface area contributed by atoms with Crippen molar-refractivity contribution in [2.24, 2.45) is 5.41 Å². The van der Waals surface area contributed by atoms with Gasteiger partial charge in [-0.1, -0.05) is 19.8 Å². The van der Waals surface area contributed by atoms with Gasteiger partial charge in [0.1, 0.15) is 13.2 Å². The van der Waals surface area contributed by atoms with Gasteiger partial charge >= 0.3 is 0 Å². The number of hydrogen-bond donors (Lipinski definition) is 2. The Morgan fingerprint density at radius 2 is 1.80 bits per heavy atom. The molecule has 0 unspecified atom stereocenters. The molecule has 1 saturated carbocycles. The number of anilines is 2. The second-order valence-corrected chi connectivity index (χ2v) is 6.00. The Balaban J connectivity index is 1.74. The van der Waals surface area contributed by atoms with Crippen molar-refractivity contribution in [1.29, 1.82) is 0 Å². The van der Waals surface area contributed by atoms with Gasteiger partial charge in [-0.25, -0.2) is 0 Å². The first-order valence-electron chi connectivity index (χ1n) is 7.65. The average molecular weight is 276 g/mol. The van der Waals surface area contributed by atoms with Crippen LogP contribution in [0.25, 0.3) is 0 Å². The lowest BCUT2D eigenvalue weighted by Crippen LogP contribution is -2.26. The molecule has 0 aromatic heterocycles. The first-order valence-corrected chi connectivity index (χ1v) is 7.65. The van der Waals surface area contributed by atoms with Crippen molar-refractivity contribution in [3.63, 3.8) is 0 Å². The fourth-order valence-electron chi connectivity index (χ4n) is 3.32. The van der Waals surface area contributed by atoms with Gasteiger partial charge in [0.25, 0.3) is 0 Å². The van der Waals surface area contributed by atoms with E-state index in [0.717, 1.165) is 29.4 Å². The van der Waals surface area contributed by atoms with Crippen LogP contribution in [0, 0.1) is 5.41 Å². The third-order valence-electron chi connectivity index (χ3n) is 4.78. The molecule has 1 aromatic carbocycles. The monoisotopic (exact) mass is 276 g/mol. The van der Waals surface area contributed by atoms with Crippen LogP contribution in [0.4, 0.5) is 11.4 Å². The molecular weight excluding hydrogens is 252 g/mol. The molecule has 3 rings (SSSR count). The number of hydrogen-bond acceptors (Lipinski definition) is 4. The molecule has 1 aliphatic carbocycles. The van der Waals surface area contributed by atoms with Crippen LogP contribution < -0.4 is 20.5 Å². The fourth-order valence-corrected chi connectivity index (χ4v) is 3.32. The molecule has 4 heteroatoms. The van der Waals surface area contributed by atoms with Crippen molar-refractivity contribution in [2.75, 3.05) is 30.8 Å². The highest BCUT2D eigenvalue weighted by atomic mass is 16.6. The minimum absolute atomic E-state index is 0.444. The summed E-state index contributed by atoms with van der Waals surface area (Å²) in [6.07, 6.45) is 6.57. The standard InChI is InChI=1S/C16H24N2O2/c1-2-16(5-3-4-6-16)11-18-13-10-15-14(9-12(13)17)19-7-8-20-15/h9-10,18H,2-8,11,17H2,1H3. The lowest BCUT2D eigenvalue weighted by atomic mass is 9.83. The summed E-state index contributed by atoms with van der Waals surface area (Å²) in [5, 5.41) is 3.54. The number of nitrogen functional groups attached to an aromatic ring is 1. The summed E-state index contributed by atoms with van der Waals surface area (Å²) in [4.78, 5) is 0. The van der Waals surface area contributed by atoms with Crippen LogP contribution in [0.1, 0.15) is 39.0 Å². The van der Waals surface area contributed by atoms with Crippen LogP contribution in [0.15, 0.2) is 12.1 Å². The molecule has 1 fully saturated rings. The SMILES string of the molecule is CCC1(CNc2cc3c(cc2N)OCCO3)CCCC1. The maximum Gasteiger partial charge on any atom is 0.163 e. The van der Waals surface area contributed by atoms with Crippen molar-refractivity contribution in [3.05, 3.63) is 12.1 Å². The smallest absolute Gasteiger partial charge is 0.163 e. The minimum atomic E-state index is 0.444. The van der Waals surface area contributed by atoms with Gasteiger partial charge in [0.15, 0.2) is 11.5 Å². The van der Waals surface area contributed by atoms with Crippen LogP contribution in [0.2, 0.25) is 0 Å². The molecule has 1 aromatic rings. The first-order chi connectivity index (χ1) is 9.72. The molecule has 3 N–H and O–H groups in total. The third-order valence-corrected chi connectivity index (χ3v) is 4.78. The van der Waals surface area contributed by atoms with Crippen LogP contribution in [-0.4, -0.2) is 19.8 Å². The van der Waals surface area contributed by atoms with E-state index in [-0.39, 0.29) is 0 Å². The van der Waals surface area contributed by atoms with Gasteiger partial charge < -0.3 is 20.5 Å². The second-order valence-electron chi connectivity index (χ2n) is 6.00. The summed E-state index contributed by atoms with van der Waals surface area (Å²) in [6.45, 7) is 4.49. The summed E-state index contributed by atoms with van der Waals surface area (Å²) in [5.74, 6) is 1.55. The first kappa shape index (κ1) is 13.4. The zero-order valence-electron chi connectivity index (χ0n) is 12.2. The molecule has 0 saturated heterocycles. The molecule has 0 amide bonds. The normalized spacial score (nSPS) is 19.9. The largest absolute Gasteiger partial charge is 0.486 e. The second kappa shape index (κ2) is 5.43. The van der Waals surface area contributed by atoms with E-state index >= 15 is 0 Å². The van der Waals surface area contributed by atoms with E-state index in [4.69, 9.17) is 15.2 Å². The molecule has 0 spiro atoms. The topological polar surface area (TPSA) is 56.5 Å². The molecule has 110 valence electrons. The molecule has 1 heterocycles. The summed E-state index contributed by atoms with van der Waals surface area (Å²) in [5.41, 5.74) is 8.26. The van der Waals surface area contributed by atoms with Gasteiger partial charge in [0.05, 0.1) is 11.4 Å². The van der Waals surface area contributed by atoms with E-state index in [0.29, 0.717) is 18.6 Å². The van der Waals surface area contributed by atoms with Crippen LogP contribution in [-0.2, 0) is 0 Å². The minimum Gasteiger partial charge on any atom is -0.486 e. The molecule has 0 atom stereocenters. The Hall–Kier alpha value is -1.58. The van der Waals surface area contributed by atoms with Crippen molar-refractivity contribution in [2.45, 2.75) is 39.0 Å². The fraction of sp³-hybridized carbons (Fsp3) is 0.625. The van der Waals surface area contributed by atoms with Gasteiger partial charge in [0, 0.05) is 18.7 Å². The zero-order valence-corrected chi connectivity index (χ0v) is 12.2. The van der Waals surface area contributed by atoms with Crippen molar-refractivity contribution >= 4 is 11.4 Å². The number of ether oxygens (including phenoxy) is 2. The Bertz CT molecular complexity index is 482. The van der Waals surface area contributed by atoms with Crippen LogP contribution in [0.5, 0.6) is 11.5 Å². The summed E-state index contributed by atoms with van der Waals surface area (Å²) < 4.78 is 11.2. The van der Waals surface area contributed by atoms with Gasteiger partial charge in [-0.05, 0) is 24.7 Å². The highest BCUT2D eigenvalue weighted by Gasteiger charge is 2.31. The molecule has 2 aliphatic rings. The highest BCUT2D eigenvalue weighted by molar-refractivity contribution is 5.72. The van der Waals surface area contributed by atoms with E-state index in [9.17, 15) is 0 Å². The van der Waals surface area contributed by atoms with Crippen molar-refractivity contribution < 1.29 is 9.47 Å². The summed E-state index contributed by atoms with van der Waals surface area (Å²) >= 11 is 0. The lowest BCUT2D eigenvalue weighted by Gasteiger charge is -2.29. The number of rotatable bonds is 4. The quantitative estimate of drug-likeness (QED) is 0.827. The average Bonchev–Trinajstić information content (AvgIpc) is 2.94.